The van der Waals surface area contributed by atoms with E-state index >= 15 is 0 Å². The summed E-state index contributed by atoms with van der Waals surface area (Å²) in [6.45, 7) is 4.86. The van der Waals surface area contributed by atoms with Gasteiger partial charge >= 0.3 is 0 Å². The van der Waals surface area contributed by atoms with Crippen LogP contribution < -0.4 is 10.2 Å². The summed E-state index contributed by atoms with van der Waals surface area (Å²) in [6, 6.07) is 4.54. The fraction of sp³-hybridized carbons (Fsp3) is 0.682. The van der Waals surface area contributed by atoms with Gasteiger partial charge in [-0.3, -0.25) is 9.59 Å². The monoisotopic (exact) mass is 399 g/mol. The standard InChI is InChI=1S/C22H33N5O2/c1-15-7-8-23-20(9-15)26-12-16-10-17(13-26)19(11-24-21(28)14-25(2)3)27-18(16)5-4-6-22(27)29/h7-9,16-19H,4-6,10-14H2,1-3H3,(H,24,28)/t16-,17+,18+,19+/m1/s1. The van der Waals surface area contributed by atoms with E-state index in [0.29, 0.717) is 31.3 Å². The van der Waals surface area contributed by atoms with E-state index in [4.69, 9.17) is 0 Å². The molecular formula is C22H33N5O2. The van der Waals surface area contributed by atoms with E-state index in [1.807, 2.05) is 31.3 Å². The molecule has 1 aromatic heterocycles. The molecular weight excluding hydrogens is 366 g/mol. The van der Waals surface area contributed by atoms with Crippen LogP contribution in [0.1, 0.15) is 31.2 Å². The van der Waals surface area contributed by atoms with Crippen molar-refractivity contribution in [3.8, 4) is 0 Å². The van der Waals surface area contributed by atoms with Crippen LogP contribution >= 0.6 is 0 Å². The number of amides is 2. The lowest BCUT2D eigenvalue weighted by Gasteiger charge is -2.56. The van der Waals surface area contributed by atoms with Crippen LogP contribution in [0.15, 0.2) is 18.3 Å². The van der Waals surface area contributed by atoms with Gasteiger partial charge < -0.3 is 20.0 Å². The number of pyridine rings is 1. The second-order valence-corrected chi connectivity index (χ2v) is 9.22. The minimum Gasteiger partial charge on any atom is -0.356 e. The van der Waals surface area contributed by atoms with Gasteiger partial charge in [0.25, 0.3) is 0 Å². The van der Waals surface area contributed by atoms with Crippen molar-refractivity contribution in [1.29, 1.82) is 0 Å². The topological polar surface area (TPSA) is 68.8 Å². The zero-order valence-electron chi connectivity index (χ0n) is 17.8. The zero-order valence-corrected chi connectivity index (χ0v) is 17.8. The summed E-state index contributed by atoms with van der Waals surface area (Å²) in [6.07, 6.45) is 5.70. The number of nitrogens with zero attached hydrogens (tertiary/aromatic N) is 4. The van der Waals surface area contributed by atoms with E-state index in [1.54, 1.807) is 0 Å². The summed E-state index contributed by atoms with van der Waals surface area (Å²) in [5, 5.41) is 3.10. The molecule has 2 bridgehead atoms. The van der Waals surface area contributed by atoms with Crippen LogP contribution in [0.3, 0.4) is 0 Å². The third kappa shape index (κ3) is 4.25. The highest BCUT2D eigenvalue weighted by Gasteiger charge is 2.49. The van der Waals surface area contributed by atoms with Crippen molar-refractivity contribution < 1.29 is 9.59 Å². The fourth-order valence-corrected chi connectivity index (χ4v) is 5.48. The second kappa shape index (κ2) is 8.30. The zero-order chi connectivity index (χ0) is 20.5. The number of nitrogens with one attached hydrogen (secondary N) is 1. The third-order valence-electron chi connectivity index (χ3n) is 6.69. The molecule has 1 N–H and O–H groups in total. The van der Waals surface area contributed by atoms with Gasteiger partial charge in [0.2, 0.25) is 11.8 Å². The predicted molar refractivity (Wildman–Crippen MR) is 113 cm³/mol. The average Bonchev–Trinajstić information content (AvgIpc) is 2.67. The molecule has 1 aromatic rings. The molecule has 2 amide bonds. The molecule has 0 saturated carbocycles. The highest BCUT2D eigenvalue weighted by Crippen LogP contribution is 2.42. The van der Waals surface area contributed by atoms with Gasteiger partial charge in [-0.25, -0.2) is 4.98 Å². The van der Waals surface area contributed by atoms with Crippen LogP contribution in [0, 0.1) is 18.8 Å². The van der Waals surface area contributed by atoms with Gasteiger partial charge in [0.1, 0.15) is 5.82 Å². The molecule has 0 aromatic carbocycles. The van der Waals surface area contributed by atoms with Crippen molar-refractivity contribution in [1.82, 2.24) is 20.1 Å². The normalized spacial score (nSPS) is 29.0. The number of likely N-dealkylation sites (N-methyl/N-ethyl adjacent to an activating group) is 1. The van der Waals surface area contributed by atoms with E-state index in [2.05, 4.69) is 33.1 Å². The van der Waals surface area contributed by atoms with Crippen molar-refractivity contribution in [2.24, 2.45) is 11.8 Å². The summed E-state index contributed by atoms with van der Waals surface area (Å²) in [4.78, 5) is 36.2. The maximum Gasteiger partial charge on any atom is 0.234 e. The molecule has 3 fully saturated rings. The fourth-order valence-electron chi connectivity index (χ4n) is 5.48. The van der Waals surface area contributed by atoms with Gasteiger partial charge in [-0.1, -0.05) is 0 Å². The quantitative estimate of drug-likeness (QED) is 0.808. The molecule has 7 nitrogen and oxygen atoms in total. The number of fused-ring (bicyclic) bond motifs is 4. The number of hydrogen-bond acceptors (Lipinski definition) is 5. The first kappa shape index (κ1) is 20.1. The van der Waals surface area contributed by atoms with Gasteiger partial charge in [-0.15, -0.1) is 0 Å². The van der Waals surface area contributed by atoms with Gasteiger partial charge in [0.15, 0.2) is 0 Å². The SMILES string of the molecule is Cc1ccnc(N2C[C@H]3C[C@@H](C2)[C@H](CNC(=O)CN(C)C)N2C(=O)CCC[C@@H]32)c1. The number of hydrogen-bond donors (Lipinski definition) is 1. The summed E-state index contributed by atoms with van der Waals surface area (Å²) in [5.74, 6) is 2.16. The van der Waals surface area contributed by atoms with Crippen molar-refractivity contribution >= 4 is 17.6 Å². The Kier molecular flexibility index (Phi) is 5.76. The van der Waals surface area contributed by atoms with E-state index in [1.165, 1.54) is 5.56 Å². The van der Waals surface area contributed by atoms with Gasteiger partial charge in [-0.2, -0.15) is 0 Å². The molecule has 0 unspecified atom stereocenters. The minimum absolute atomic E-state index is 0.0196. The van der Waals surface area contributed by atoms with Gasteiger partial charge in [-0.05, 0) is 69.8 Å². The molecule has 29 heavy (non-hydrogen) atoms. The molecule has 0 radical (unpaired) electrons. The van der Waals surface area contributed by atoms with Crippen LogP contribution in [0.2, 0.25) is 0 Å². The predicted octanol–water partition coefficient (Wildman–Crippen LogP) is 1.27. The Morgan fingerprint density at radius 3 is 2.86 bits per heavy atom. The largest absolute Gasteiger partial charge is 0.356 e. The van der Waals surface area contributed by atoms with E-state index in [0.717, 1.165) is 38.2 Å². The van der Waals surface area contributed by atoms with Crippen LogP contribution in [-0.2, 0) is 9.59 Å². The van der Waals surface area contributed by atoms with Gasteiger partial charge in [0.05, 0.1) is 12.6 Å². The maximum absolute atomic E-state index is 12.9. The number of carbonyl (C=O) groups is 2. The Labute approximate surface area is 173 Å². The number of anilines is 1. The molecule has 7 heteroatoms. The van der Waals surface area contributed by atoms with Crippen LogP contribution in [0.5, 0.6) is 0 Å². The second-order valence-electron chi connectivity index (χ2n) is 9.22. The Bertz CT molecular complexity index is 767. The number of aryl methyl sites for hydroxylation is 1. The lowest BCUT2D eigenvalue weighted by molar-refractivity contribution is -0.149. The average molecular weight is 400 g/mol. The minimum atomic E-state index is 0.0196. The molecule has 4 heterocycles. The van der Waals surface area contributed by atoms with Crippen molar-refractivity contribution in [3.63, 3.8) is 0 Å². The molecule has 4 atom stereocenters. The lowest BCUT2D eigenvalue weighted by atomic mass is 9.72. The molecule has 0 aliphatic carbocycles. The highest BCUT2D eigenvalue weighted by molar-refractivity contribution is 5.79. The van der Waals surface area contributed by atoms with Crippen molar-refractivity contribution in [2.45, 2.75) is 44.7 Å². The van der Waals surface area contributed by atoms with Crippen LogP contribution in [0.25, 0.3) is 0 Å². The summed E-state index contributed by atoms with van der Waals surface area (Å²) in [7, 11) is 3.78. The van der Waals surface area contributed by atoms with Gasteiger partial charge in [0, 0.05) is 38.3 Å². The number of piperidine rings is 3. The first-order valence-electron chi connectivity index (χ1n) is 10.8. The molecule has 4 rings (SSSR count). The number of carbonyl (C=O) groups excluding carboxylic acids is 2. The maximum atomic E-state index is 12.9. The lowest BCUT2D eigenvalue weighted by Crippen LogP contribution is -2.67. The first-order chi connectivity index (χ1) is 13.9. The third-order valence-corrected chi connectivity index (χ3v) is 6.69. The van der Waals surface area contributed by atoms with Crippen molar-refractivity contribution in [3.05, 3.63) is 23.9 Å². The first-order valence-corrected chi connectivity index (χ1v) is 10.8. The molecule has 3 saturated heterocycles. The van der Waals surface area contributed by atoms with Crippen molar-refractivity contribution in [2.75, 3.05) is 45.2 Å². The Balaban J connectivity index is 1.55. The highest BCUT2D eigenvalue weighted by atomic mass is 16.2. The molecule has 0 spiro atoms. The Morgan fingerprint density at radius 1 is 1.31 bits per heavy atom. The Morgan fingerprint density at radius 2 is 2.10 bits per heavy atom. The van der Waals surface area contributed by atoms with E-state index in [-0.39, 0.29) is 23.9 Å². The molecule has 3 aliphatic rings. The number of aromatic nitrogens is 1. The van der Waals surface area contributed by atoms with E-state index < -0.39 is 0 Å². The summed E-state index contributed by atoms with van der Waals surface area (Å²) >= 11 is 0. The smallest absolute Gasteiger partial charge is 0.234 e. The summed E-state index contributed by atoms with van der Waals surface area (Å²) in [5.41, 5.74) is 1.22. The number of rotatable bonds is 5. The molecule has 3 aliphatic heterocycles. The van der Waals surface area contributed by atoms with E-state index in [9.17, 15) is 9.59 Å². The Hall–Kier alpha value is -2.15. The summed E-state index contributed by atoms with van der Waals surface area (Å²) < 4.78 is 0. The van der Waals surface area contributed by atoms with Crippen LogP contribution in [-0.4, -0.2) is 79.0 Å². The van der Waals surface area contributed by atoms with Crippen LogP contribution in [0.4, 0.5) is 5.82 Å². The molecule has 158 valence electrons.